The maximum absolute atomic E-state index is 12.9. The van der Waals surface area contributed by atoms with E-state index in [9.17, 15) is 14.4 Å². The molecule has 32 heavy (non-hydrogen) atoms. The van der Waals surface area contributed by atoms with E-state index in [2.05, 4.69) is 11.9 Å². The van der Waals surface area contributed by atoms with Gasteiger partial charge in [0.05, 0.1) is 0 Å². The molecule has 0 bridgehead atoms. The van der Waals surface area contributed by atoms with Crippen LogP contribution in [0.5, 0.6) is 0 Å². The van der Waals surface area contributed by atoms with E-state index in [-0.39, 0.29) is 11.5 Å². The minimum absolute atomic E-state index is 0.159. The molecule has 8 nitrogen and oxygen atoms in total. The van der Waals surface area contributed by atoms with E-state index in [1.807, 2.05) is 36.9 Å². The first kappa shape index (κ1) is 23.4. The molecule has 2 aromatic heterocycles. The largest absolute Gasteiger partial charge is 0.423 e. The lowest BCUT2D eigenvalue weighted by atomic mass is 10.1. The third-order valence-electron chi connectivity index (χ3n) is 5.64. The molecule has 172 valence electrons. The van der Waals surface area contributed by atoms with Crippen LogP contribution in [0.2, 0.25) is 0 Å². The smallest absolute Gasteiger partial charge is 0.336 e. The van der Waals surface area contributed by atoms with Gasteiger partial charge < -0.3 is 15.1 Å². The second kappa shape index (κ2) is 10.3. The Bertz CT molecular complexity index is 1260. The number of fused-ring (bicyclic) bond motifs is 1. The highest BCUT2D eigenvalue weighted by Crippen LogP contribution is 2.24. The first-order chi connectivity index (χ1) is 15.3. The summed E-state index contributed by atoms with van der Waals surface area (Å²) in [6, 6.07) is 7.16. The van der Waals surface area contributed by atoms with Crippen LogP contribution in [0.3, 0.4) is 0 Å². The fraction of sp³-hybridized carbons (Fsp3) is 0.458. The number of aromatic amines is 1. The fourth-order valence-electron chi connectivity index (χ4n) is 3.92. The summed E-state index contributed by atoms with van der Waals surface area (Å²) in [5.41, 5.74) is 7.42. The summed E-state index contributed by atoms with van der Waals surface area (Å²) >= 11 is 0. The first-order valence-corrected chi connectivity index (χ1v) is 11.3. The van der Waals surface area contributed by atoms with E-state index in [1.54, 1.807) is 0 Å². The van der Waals surface area contributed by atoms with Crippen LogP contribution < -0.4 is 27.5 Å². The van der Waals surface area contributed by atoms with Crippen LogP contribution in [-0.2, 0) is 13.1 Å². The molecular weight excluding hydrogens is 408 g/mol. The van der Waals surface area contributed by atoms with Crippen molar-refractivity contribution in [2.24, 2.45) is 0 Å². The monoisotopic (exact) mass is 440 g/mol. The van der Waals surface area contributed by atoms with Crippen LogP contribution >= 0.6 is 0 Å². The number of benzene rings is 1. The van der Waals surface area contributed by atoms with Crippen LogP contribution in [0.25, 0.3) is 11.0 Å². The van der Waals surface area contributed by atoms with Gasteiger partial charge in [-0.3, -0.25) is 14.3 Å². The predicted molar refractivity (Wildman–Crippen MR) is 128 cm³/mol. The third kappa shape index (κ3) is 5.12. The van der Waals surface area contributed by atoms with Gasteiger partial charge in [0, 0.05) is 31.1 Å². The van der Waals surface area contributed by atoms with Crippen molar-refractivity contribution in [3.8, 4) is 0 Å². The van der Waals surface area contributed by atoms with E-state index >= 15 is 0 Å². The lowest BCUT2D eigenvalue weighted by molar-refractivity contribution is 0.557. The number of nitrogen functional groups attached to an aromatic ring is 1. The van der Waals surface area contributed by atoms with E-state index in [0.717, 1.165) is 48.6 Å². The molecule has 0 spiro atoms. The quantitative estimate of drug-likeness (QED) is 0.368. The number of hydrogen-bond donors (Lipinski definition) is 2. The van der Waals surface area contributed by atoms with Crippen molar-refractivity contribution in [3.63, 3.8) is 0 Å². The Morgan fingerprint density at radius 3 is 2.53 bits per heavy atom. The van der Waals surface area contributed by atoms with Gasteiger partial charge in [0.25, 0.3) is 5.56 Å². The molecule has 3 rings (SSSR count). The van der Waals surface area contributed by atoms with Gasteiger partial charge in [0.1, 0.15) is 17.1 Å². The molecular formula is C24H32N4O4. The Hall–Kier alpha value is -3.29. The number of nitrogens with two attached hydrogens (primary N) is 1. The molecule has 2 heterocycles. The van der Waals surface area contributed by atoms with Crippen LogP contribution in [0.1, 0.15) is 57.1 Å². The normalized spacial score (nSPS) is 11.2. The molecule has 0 amide bonds. The summed E-state index contributed by atoms with van der Waals surface area (Å²) in [6.45, 7) is 7.37. The predicted octanol–water partition coefficient (Wildman–Crippen LogP) is 3.53. The number of nitrogens with zero attached hydrogens (tertiary/aromatic N) is 2. The Labute approximate surface area is 186 Å². The highest BCUT2D eigenvalue weighted by atomic mass is 16.4. The van der Waals surface area contributed by atoms with Crippen LogP contribution in [0.4, 0.5) is 11.5 Å². The number of aryl methyl sites for hydroxylation is 1. The Balaban J connectivity index is 2.11. The standard InChI is InChI=1S/C24H32N4O4/c1-4-6-8-11-27(21-22(25)28(12-7-5-2)24(31)26-23(21)30)15-17-14-20(29)32-19-13-16(3)9-10-18(17)19/h9-10,13-14H,4-8,11-12,15,25H2,1-3H3,(H,26,30,31). The Morgan fingerprint density at radius 2 is 1.81 bits per heavy atom. The minimum atomic E-state index is -0.514. The molecule has 0 unspecified atom stereocenters. The van der Waals surface area contributed by atoms with Crippen molar-refractivity contribution in [2.45, 2.75) is 66.0 Å². The number of aromatic nitrogens is 2. The topological polar surface area (TPSA) is 114 Å². The summed E-state index contributed by atoms with van der Waals surface area (Å²) < 4.78 is 6.81. The van der Waals surface area contributed by atoms with Crippen molar-refractivity contribution in [3.05, 3.63) is 66.7 Å². The molecule has 0 saturated heterocycles. The number of unbranched alkanes of at least 4 members (excludes halogenated alkanes) is 3. The molecule has 0 saturated carbocycles. The van der Waals surface area contributed by atoms with E-state index in [1.165, 1.54) is 10.6 Å². The molecule has 0 fully saturated rings. The summed E-state index contributed by atoms with van der Waals surface area (Å²) in [5, 5.41) is 0.810. The van der Waals surface area contributed by atoms with Crippen molar-refractivity contribution >= 4 is 22.5 Å². The SMILES string of the molecule is CCCCCN(Cc1cc(=O)oc2cc(C)ccc12)c1c(N)n(CCCC)c(=O)[nH]c1=O. The number of anilines is 2. The lowest BCUT2D eigenvalue weighted by Crippen LogP contribution is -2.38. The summed E-state index contributed by atoms with van der Waals surface area (Å²) in [7, 11) is 0. The molecule has 0 aliphatic rings. The molecule has 1 aromatic carbocycles. The molecule has 0 atom stereocenters. The van der Waals surface area contributed by atoms with Crippen molar-refractivity contribution in [1.82, 2.24) is 9.55 Å². The number of hydrogen-bond acceptors (Lipinski definition) is 6. The zero-order valence-corrected chi connectivity index (χ0v) is 19.1. The van der Waals surface area contributed by atoms with Crippen molar-refractivity contribution < 1.29 is 4.42 Å². The molecule has 0 aliphatic heterocycles. The zero-order valence-electron chi connectivity index (χ0n) is 19.1. The average Bonchev–Trinajstić information content (AvgIpc) is 2.73. The number of rotatable bonds is 10. The molecule has 0 aliphatic carbocycles. The number of H-pyrrole nitrogens is 1. The molecule has 3 N–H and O–H groups in total. The van der Waals surface area contributed by atoms with Gasteiger partial charge in [-0.05, 0) is 37.0 Å². The van der Waals surface area contributed by atoms with Gasteiger partial charge in [0.15, 0.2) is 0 Å². The van der Waals surface area contributed by atoms with Crippen LogP contribution in [-0.4, -0.2) is 16.1 Å². The van der Waals surface area contributed by atoms with Gasteiger partial charge in [-0.2, -0.15) is 0 Å². The van der Waals surface area contributed by atoms with Crippen molar-refractivity contribution in [1.29, 1.82) is 0 Å². The minimum Gasteiger partial charge on any atom is -0.423 e. The van der Waals surface area contributed by atoms with Gasteiger partial charge >= 0.3 is 11.3 Å². The zero-order chi connectivity index (χ0) is 23.3. The van der Waals surface area contributed by atoms with E-state index in [0.29, 0.717) is 25.2 Å². The van der Waals surface area contributed by atoms with Crippen LogP contribution in [0, 0.1) is 6.92 Å². The maximum atomic E-state index is 12.9. The van der Waals surface area contributed by atoms with Gasteiger partial charge in [-0.1, -0.05) is 45.2 Å². The molecule has 3 aromatic rings. The van der Waals surface area contributed by atoms with Crippen molar-refractivity contribution in [2.75, 3.05) is 17.2 Å². The van der Waals surface area contributed by atoms with Gasteiger partial charge in [0.2, 0.25) is 0 Å². The van der Waals surface area contributed by atoms with E-state index in [4.69, 9.17) is 10.2 Å². The second-order valence-corrected chi connectivity index (χ2v) is 8.22. The fourth-order valence-corrected chi connectivity index (χ4v) is 3.92. The summed E-state index contributed by atoms with van der Waals surface area (Å²) in [6.07, 6.45) is 4.52. The summed E-state index contributed by atoms with van der Waals surface area (Å²) in [4.78, 5) is 41.7. The molecule has 0 radical (unpaired) electrons. The van der Waals surface area contributed by atoms with Gasteiger partial charge in [-0.25, -0.2) is 9.59 Å². The summed E-state index contributed by atoms with van der Waals surface area (Å²) in [5.74, 6) is 0.159. The molecule has 8 heteroatoms. The number of nitrogens with one attached hydrogen (secondary N) is 1. The van der Waals surface area contributed by atoms with Gasteiger partial charge in [-0.15, -0.1) is 0 Å². The highest BCUT2D eigenvalue weighted by Gasteiger charge is 2.20. The highest BCUT2D eigenvalue weighted by molar-refractivity contribution is 5.81. The van der Waals surface area contributed by atoms with Crippen LogP contribution in [0.15, 0.2) is 43.1 Å². The Kier molecular flexibility index (Phi) is 7.56. The Morgan fingerprint density at radius 1 is 1.06 bits per heavy atom. The lowest BCUT2D eigenvalue weighted by Gasteiger charge is -2.26. The first-order valence-electron chi connectivity index (χ1n) is 11.3. The second-order valence-electron chi connectivity index (χ2n) is 8.22. The maximum Gasteiger partial charge on any atom is 0.336 e. The average molecular weight is 441 g/mol. The van der Waals surface area contributed by atoms with E-state index < -0.39 is 16.9 Å². The third-order valence-corrected chi connectivity index (χ3v) is 5.64.